The minimum atomic E-state index is -0.636. The molecule has 0 aliphatic carbocycles. The predicted octanol–water partition coefficient (Wildman–Crippen LogP) is 2.09. The van der Waals surface area contributed by atoms with Crippen LogP contribution in [0.1, 0.15) is 16.9 Å². The topological polar surface area (TPSA) is 77.7 Å². The number of carbonyl (C=O) groups is 1. The van der Waals surface area contributed by atoms with Gasteiger partial charge in [-0.2, -0.15) is 0 Å². The minimum Gasteiger partial charge on any atom is -0.492 e. The van der Waals surface area contributed by atoms with Crippen LogP contribution >= 0.6 is 0 Å². The number of nitrogens with zero attached hydrogens (tertiary/aromatic N) is 2. The Labute approximate surface area is 151 Å². The number of halogens is 1. The minimum absolute atomic E-state index is 0.136. The average molecular weight is 359 g/mol. The average Bonchev–Trinajstić information content (AvgIpc) is 2.66. The number of pyridine rings is 1. The van der Waals surface area contributed by atoms with Crippen LogP contribution in [0.2, 0.25) is 0 Å². The van der Waals surface area contributed by atoms with Gasteiger partial charge in [-0.1, -0.05) is 12.1 Å². The molecule has 1 amide bonds. The van der Waals surface area contributed by atoms with E-state index in [1.807, 2.05) is 0 Å². The van der Waals surface area contributed by atoms with Crippen molar-refractivity contribution in [3.8, 4) is 16.9 Å². The summed E-state index contributed by atoms with van der Waals surface area (Å²) in [6.07, 6.45) is 2.37. The third-order valence-corrected chi connectivity index (χ3v) is 4.24. The van der Waals surface area contributed by atoms with E-state index in [1.54, 1.807) is 18.2 Å². The van der Waals surface area contributed by atoms with E-state index in [2.05, 4.69) is 9.88 Å². The molecule has 6 nitrogen and oxygen atoms in total. The Morgan fingerprint density at radius 1 is 1.27 bits per heavy atom. The fourth-order valence-electron chi connectivity index (χ4n) is 2.87. The van der Waals surface area contributed by atoms with Gasteiger partial charge in [0.25, 0.3) is 5.91 Å². The molecule has 0 radical (unpaired) electrons. The lowest BCUT2D eigenvalue weighted by molar-refractivity contribution is 0.0358. The number of morpholine rings is 1. The van der Waals surface area contributed by atoms with Crippen LogP contribution in [0.25, 0.3) is 11.1 Å². The van der Waals surface area contributed by atoms with Crippen molar-refractivity contribution in [2.75, 3.05) is 39.5 Å². The Bertz CT molecular complexity index is 746. The zero-order valence-electron chi connectivity index (χ0n) is 14.5. The third kappa shape index (κ3) is 4.77. The molecule has 26 heavy (non-hydrogen) atoms. The number of carbonyl (C=O) groups excluding carboxylic acids is 1. The van der Waals surface area contributed by atoms with Crippen LogP contribution < -0.4 is 10.5 Å². The molecule has 1 fully saturated rings. The lowest BCUT2D eigenvalue weighted by Crippen LogP contribution is -2.37. The first-order valence-electron chi connectivity index (χ1n) is 8.62. The fraction of sp³-hybridized carbons (Fsp3) is 0.368. The molecule has 0 unspecified atom stereocenters. The summed E-state index contributed by atoms with van der Waals surface area (Å²) in [5.41, 5.74) is 6.73. The Hall–Kier alpha value is -2.51. The predicted molar refractivity (Wildman–Crippen MR) is 95.5 cm³/mol. The van der Waals surface area contributed by atoms with Crippen molar-refractivity contribution >= 4 is 5.91 Å². The molecule has 2 N–H and O–H groups in total. The summed E-state index contributed by atoms with van der Waals surface area (Å²) in [6, 6.07) is 7.54. The van der Waals surface area contributed by atoms with Crippen molar-refractivity contribution in [1.29, 1.82) is 0 Å². The van der Waals surface area contributed by atoms with Crippen molar-refractivity contribution in [2.45, 2.75) is 6.42 Å². The van der Waals surface area contributed by atoms with E-state index in [9.17, 15) is 9.18 Å². The molecule has 0 bridgehead atoms. The van der Waals surface area contributed by atoms with E-state index in [4.69, 9.17) is 15.2 Å². The lowest BCUT2D eigenvalue weighted by Gasteiger charge is -2.26. The summed E-state index contributed by atoms with van der Waals surface area (Å²) >= 11 is 0. The van der Waals surface area contributed by atoms with Crippen LogP contribution in [0.4, 0.5) is 4.39 Å². The van der Waals surface area contributed by atoms with Gasteiger partial charge in [0.05, 0.1) is 26.0 Å². The number of aromatic nitrogens is 1. The van der Waals surface area contributed by atoms with Crippen molar-refractivity contribution in [2.24, 2.45) is 5.73 Å². The zero-order chi connectivity index (χ0) is 18.4. The summed E-state index contributed by atoms with van der Waals surface area (Å²) in [4.78, 5) is 18.1. The summed E-state index contributed by atoms with van der Waals surface area (Å²) in [7, 11) is 0. The Kier molecular flexibility index (Phi) is 6.14. The number of primary amides is 1. The number of nitrogens with two attached hydrogens (primary N) is 1. The van der Waals surface area contributed by atoms with Gasteiger partial charge in [-0.3, -0.25) is 9.69 Å². The van der Waals surface area contributed by atoms with Gasteiger partial charge >= 0.3 is 0 Å². The van der Waals surface area contributed by atoms with E-state index < -0.39 is 5.91 Å². The van der Waals surface area contributed by atoms with E-state index in [0.717, 1.165) is 39.3 Å². The van der Waals surface area contributed by atoms with Gasteiger partial charge in [-0.25, -0.2) is 9.37 Å². The molecule has 3 rings (SSSR count). The summed E-state index contributed by atoms with van der Waals surface area (Å²) < 4.78 is 24.3. The molecule has 7 heteroatoms. The van der Waals surface area contributed by atoms with Crippen LogP contribution in [-0.2, 0) is 4.74 Å². The Morgan fingerprint density at radius 3 is 2.69 bits per heavy atom. The highest BCUT2D eigenvalue weighted by Crippen LogP contribution is 2.26. The maximum absolute atomic E-state index is 13.2. The van der Waals surface area contributed by atoms with Crippen molar-refractivity contribution in [3.63, 3.8) is 0 Å². The highest BCUT2D eigenvalue weighted by atomic mass is 19.1. The molecular weight excluding hydrogens is 337 g/mol. The van der Waals surface area contributed by atoms with Crippen LogP contribution in [0.5, 0.6) is 5.75 Å². The second-order valence-electron chi connectivity index (χ2n) is 6.09. The van der Waals surface area contributed by atoms with E-state index in [1.165, 1.54) is 18.3 Å². The first kappa shape index (κ1) is 18.3. The summed E-state index contributed by atoms with van der Waals surface area (Å²) in [5.74, 6) is -0.433. The molecule has 0 spiro atoms. The maximum atomic E-state index is 13.2. The van der Waals surface area contributed by atoms with Gasteiger partial charge in [0.15, 0.2) is 0 Å². The summed E-state index contributed by atoms with van der Waals surface area (Å²) in [5, 5.41) is 0. The molecule has 0 atom stereocenters. The quantitative estimate of drug-likeness (QED) is 0.766. The molecular formula is C19H22FN3O3. The largest absolute Gasteiger partial charge is 0.492 e. The Balaban J connectivity index is 1.65. The van der Waals surface area contributed by atoms with Crippen molar-refractivity contribution in [3.05, 3.63) is 48.0 Å². The van der Waals surface area contributed by atoms with E-state index >= 15 is 0 Å². The molecule has 1 aliphatic rings. The molecule has 138 valence electrons. The first-order valence-corrected chi connectivity index (χ1v) is 8.62. The molecule has 2 aromatic rings. The van der Waals surface area contributed by atoms with E-state index in [0.29, 0.717) is 23.5 Å². The molecule has 0 saturated carbocycles. The molecule has 1 aliphatic heterocycles. The van der Waals surface area contributed by atoms with Crippen LogP contribution in [-0.4, -0.2) is 55.2 Å². The van der Waals surface area contributed by atoms with Crippen LogP contribution in [0.3, 0.4) is 0 Å². The molecule has 1 aromatic heterocycles. The van der Waals surface area contributed by atoms with Crippen LogP contribution in [0, 0.1) is 5.82 Å². The highest BCUT2D eigenvalue weighted by Gasteiger charge is 2.14. The lowest BCUT2D eigenvalue weighted by atomic mass is 10.0. The second-order valence-corrected chi connectivity index (χ2v) is 6.09. The number of rotatable bonds is 7. The zero-order valence-corrected chi connectivity index (χ0v) is 14.5. The maximum Gasteiger partial charge on any atom is 0.267 e. The first-order chi connectivity index (χ1) is 12.6. The molecule has 2 heterocycles. The van der Waals surface area contributed by atoms with Gasteiger partial charge in [0, 0.05) is 25.2 Å². The summed E-state index contributed by atoms with van der Waals surface area (Å²) in [6.45, 7) is 4.94. The fourth-order valence-corrected chi connectivity index (χ4v) is 2.87. The van der Waals surface area contributed by atoms with Gasteiger partial charge in [0.1, 0.15) is 17.3 Å². The number of ether oxygens (including phenoxy) is 2. The van der Waals surface area contributed by atoms with E-state index in [-0.39, 0.29) is 11.5 Å². The van der Waals surface area contributed by atoms with Gasteiger partial charge in [-0.05, 0) is 30.2 Å². The monoisotopic (exact) mass is 359 g/mol. The number of benzene rings is 1. The third-order valence-electron chi connectivity index (χ3n) is 4.24. The number of hydrogen-bond acceptors (Lipinski definition) is 5. The van der Waals surface area contributed by atoms with Gasteiger partial charge in [0.2, 0.25) is 0 Å². The second kappa shape index (κ2) is 8.73. The van der Waals surface area contributed by atoms with Gasteiger partial charge in [-0.15, -0.1) is 0 Å². The highest BCUT2D eigenvalue weighted by molar-refractivity contribution is 5.98. The number of hydrogen-bond donors (Lipinski definition) is 1. The SMILES string of the molecule is NC(=O)c1ncc(OCCCN2CCOCC2)cc1-c1ccc(F)cc1. The van der Waals surface area contributed by atoms with Crippen molar-refractivity contribution in [1.82, 2.24) is 9.88 Å². The number of amides is 1. The smallest absolute Gasteiger partial charge is 0.267 e. The molecule has 1 aromatic carbocycles. The van der Waals surface area contributed by atoms with Crippen LogP contribution in [0.15, 0.2) is 36.5 Å². The van der Waals surface area contributed by atoms with Gasteiger partial charge < -0.3 is 15.2 Å². The standard InChI is InChI=1S/C19H22FN3O3/c20-15-4-2-14(3-5-15)17-12-16(13-22-18(17)19(21)24)26-9-1-6-23-7-10-25-11-8-23/h2-5,12-13H,1,6-11H2,(H2,21,24). The van der Waals surface area contributed by atoms with Crippen molar-refractivity contribution < 1.29 is 18.7 Å². The Morgan fingerprint density at radius 2 is 2.00 bits per heavy atom. The molecule has 1 saturated heterocycles. The normalized spacial score (nSPS) is 15.0.